The minimum absolute atomic E-state index is 0.219. The summed E-state index contributed by atoms with van der Waals surface area (Å²) in [4.78, 5) is 12.0. The maximum atomic E-state index is 12.0. The van der Waals surface area contributed by atoms with E-state index in [9.17, 15) is 4.79 Å². The Hall–Kier alpha value is -3.01. The minimum atomic E-state index is -0.455. The van der Waals surface area contributed by atoms with Crippen molar-refractivity contribution < 1.29 is 18.7 Å². The Morgan fingerprint density at radius 2 is 1.61 bits per heavy atom. The molecule has 0 atom stereocenters. The van der Waals surface area contributed by atoms with E-state index in [1.165, 1.54) is 34.1 Å². The Morgan fingerprint density at radius 3 is 2.21 bits per heavy atom. The van der Waals surface area contributed by atoms with Crippen LogP contribution in [0.1, 0.15) is 45.3 Å². The molecule has 28 heavy (non-hydrogen) atoms. The second-order valence-electron chi connectivity index (χ2n) is 6.94. The van der Waals surface area contributed by atoms with Crippen molar-refractivity contribution in [3.05, 3.63) is 76.2 Å². The van der Waals surface area contributed by atoms with E-state index in [0.717, 1.165) is 11.3 Å². The van der Waals surface area contributed by atoms with Gasteiger partial charge in [-0.2, -0.15) is 0 Å². The molecule has 0 unspecified atom stereocenters. The molecule has 0 aliphatic rings. The van der Waals surface area contributed by atoms with Gasteiger partial charge in [-0.1, -0.05) is 18.2 Å². The molecule has 146 valence electrons. The van der Waals surface area contributed by atoms with Gasteiger partial charge in [-0.05, 0) is 86.2 Å². The van der Waals surface area contributed by atoms with Crippen molar-refractivity contribution in [2.45, 2.75) is 41.2 Å². The van der Waals surface area contributed by atoms with Crippen molar-refractivity contribution in [1.29, 1.82) is 0 Å². The van der Waals surface area contributed by atoms with Gasteiger partial charge in [0.1, 0.15) is 12.4 Å². The van der Waals surface area contributed by atoms with E-state index in [0.29, 0.717) is 18.8 Å². The number of esters is 1. The predicted octanol–water partition coefficient (Wildman–Crippen LogP) is 5.94. The lowest BCUT2D eigenvalue weighted by Gasteiger charge is -2.16. The maximum Gasteiger partial charge on any atom is 0.374 e. The zero-order valence-corrected chi connectivity index (χ0v) is 17.1. The van der Waals surface area contributed by atoms with Crippen LogP contribution in [0.25, 0.3) is 11.1 Å². The third kappa shape index (κ3) is 3.96. The van der Waals surface area contributed by atoms with E-state index in [-0.39, 0.29) is 5.76 Å². The molecular weight excluding hydrogens is 352 g/mol. The molecule has 0 aliphatic heterocycles. The topological polar surface area (TPSA) is 48.7 Å². The quantitative estimate of drug-likeness (QED) is 0.498. The maximum absolute atomic E-state index is 12.0. The molecule has 4 nitrogen and oxygen atoms in total. The fourth-order valence-electron chi connectivity index (χ4n) is 3.29. The summed E-state index contributed by atoms with van der Waals surface area (Å²) in [6.07, 6.45) is 1.50. The second-order valence-corrected chi connectivity index (χ2v) is 6.94. The number of carbonyl (C=O) groups excluding carboxylic acids is 1. The van der Waals surface area contributed by atoms with Crippen LogP contribution < -0.4 is 4.74 Å². The van der Waals surface area contributed by atoms with Crippen molar-refractivity contribution in [2.75, 3.05) is 6.61 Å². The molecule has 0 saturated carbocycles. The van der Waals surface area contributed by atoms with Gasteiger partial charge in [-0.15, -0.1) is 0 Å². The third-order valence-corrected chi connectivity index (χ3v) is 5.20. The normalized spacial score (nSPS) is 10.8. The fraction of sp³-hybridized carbons (Fsp3) is 0.292. The average Bonchev–Trinajstić information content (AvgIpc) is 3.17. The molecule has 3 aromatic rings. The summed E-state index contributed by atoms with van der Waals surface area (Å²) >= 11 is 0. The number of aryl methyl sites for hydroxylation is 2. The first-order valence-corrected chi connectivity index (χ1v) is 9.46. The van der Waals surface area contributed by atoms with Crippen LogP contribution in [0.2, 0.25) is 0 Å². The number of furan rings is 1. The minimum Gasteiger partial charge on any atom is -0.489 e. The Bertz CT molecular complexity index is 954. The van der Waals surface area contributed by atoms with E-state index in [4.69, 9.17) is 13.9 Å². The highest BCUT2D eigenvalue weighted by Crippen LogP contribution is 2.28. The van der Waals surface area contributed by atoms with Crippen molar-refractivity contribution in [1.82, 2.24) is 0 Å². The number of ether oxygens (including phenoxy) is 2. The van der Waals surface area contributed by atoms with Gasteiger partial charge >= 0.3 is 5.97 Å². The molecule has 0 aliphatic carbocycles. The van der Waals surface area contributed by atoms with Crippen LogP contribution >= 0.6 is 0 Å². The van der Waals surface area contributed by atoms with Gasteiger partial charge in [-0.25, -0.2) is 4.79 Å². The van der Waals surface area contributed by atoms with Gasteiger partial charge in [0.25, 0.3) is 0 Å². The molecule has 3 rings (SSSR count). The largest absolute Gasteiger partial charge is 0.489 e. The molecule has 0 amide bonds. The number of rotatable bonds is 6. The van der Waals surface area contributed by atoms with Crippen LogP contribution in [0.5, 0.6) is 5.75 Å². The summed E-state index contributed by atoms with van der Waals surface area (Å²) in [6, 6.07) is 11.6. The summed E-state index contributed by atoms with van der Waals surface area (Å²) in [5.74, 6) is 0.545. The lowest BCUT2D eigenvalue weighted by molar-refractivity contribution is 0.0491. The fourth-order valence-corrected chi connectivity index (χ4v) is 3.29. The van der Waals surface area contributed by atoms with Crippen molar-refractivity contribution in [3.63, 3.8) is 0 Å². The van der Waals surface area contributed by atoms with Crippen LogP contribution in [-0.4, -0.2) is 12.6 Å². The molecule has 0 bridgehead atoms. The first-order chi connectivity index (χ1) is 13.4. The van der Waals surface area contributed by atoms with Crippen LogP contribution in [0, 0.1) is 27.7 Å². The summed E-state index contributed by atoms with van der Waals surface area (Å²) in [7, 11) is 0. The summed E-state index contributed by atoms with van der Waals surface area (Å²) < 4.78 is 16.4. The lowest BCUT2D eigenvalue weighted by atomic mass is 9.95. The molecular formula is C24H26O4. The molecule has 0 saturated heterocycles. The highest BCUT2D eigenvalue weighted by atomic mass is 16.5. The van der Waals surface area contributed by atoms with Gasteiger partial charge in [0.2, 0.25) is 5.76 Å². The SMILES string of the molecule is CCOC(=O)c1occc1-c1ccc(OCc2c(C)c(C)cc(C)c2C)cc1. The second kappa shape index (κ2) is 8.34. The van der Waals surface area contributed by atoms with E-state index >= 15 is 0 Å². The zero-order chi connectivity index (χ0) is 20.3. The predicted molar refractivity (Wildman–Crippen MR) is 110 cm³/mol. The van der Waals surface area contributed by atoms with Gasteiger partial charge < -0.3 is 13.9 Å². The lowest BCUT2D eigenvalue weighted by Crippen LogP contribution is -2.05. The van der Waals surface area contributed by atoms with Crippen LogP contribution in [0.15, 0.2) is 47.1 Å². The van der Waals surface area contributed by atoms with E-state index < -0.39 is 5.97 Å². The first kappa shape index (κ1) is 19.7. The van der Waals surface area contributed by atoms with Crippen LogP contribution in [-0.2, 0) is 11.3 Å². The number of benzene rings is 2. The highest BCUT2D eigenvalue weighted by molar-refractivity contribution is 5.94. The molecule has 1 aromatic heterocycles. The number of hydrogen-bond acceptors (Lipinski definition) is 4. The number of carbonyl (C=O) groups is 1. The molecule has 2 aromatic carbocycles. The van der Waals surface area contributed by atoms with Gasteiger partial charge in [-0.3, -0.25) is 0 Å². The Kier molecular flexibility index (Phi) is 5.88. The molecule has 0 N–H and O–H groups in total. The number of hydrogen-bond donors (Lipinski definition) is 0. The molecule has 1 heterocycles. The summed E-state index contributed by atoms with van der Waals surface area (Å²) in [5, 5.41) is 0. The Labute approximate surface area is 166 Å². The zero-order valence-electron chi connectivity index (χ0n) is 17.1. The van der Waals surface area contributed by atoms with E-state index in [1.54, 1.807) is 13.0 Å². The van der Waals surface area contributed by atoms with Crippen LogP contribution in [0.4, 0.5) is 0 Å². The van der Waals surface area contributed by atoms with Crippen molar-refractivity contribution >= 4 is 5.97 Å². The smallest absolute Gasteiger partial charge is 0.374 e. The van der Waals surface area contributed by atoms with Crippen molar-refractivity contribution in [2.24, 2.45) is 0 Å². The molecule has 0 spiro atoms. The van der Waals surface area contributed by atoms with E-state index in [2.05, 4.69) is 33.8 Å². The monoisotopic (exact) mass is 378 g/mol. The summed E-state index contributed by atoms with van der Waals surface area (Å²) in [5.41, 5.74) is 7.94. The van der Waals surface area contributed by atoms with Gasteiger partial charge in [0.15, 0.2) is 0 Å². The van der Waals surface area contributed by atoms with E-state index in [1.807, 2.05) is 24.3 Å². The van der Waals surface area contributed by atoms with Crippen molar-refractivity contribution in [3.8, 4) is 16.9 Å². The Morgan fingerprint density at radius 1 is 0.964 bits per heavy atom. The standard InChI is InChI=1S/C24H26O4/c1-6-26-24(25)23-21(11-12-27-23)19-7-9-20(10-8-19)28-14-22-17(4)15(2)13-16(3)18(22)5/h7-13H,6,14H2,1-5H3. The van der Waals surface area contributed by atoms with Gasteiger partial charge in [0.05, 0.1) is 12.9 Å². The highest BCUT2D eigenvalue weighted by Gasteiger charge is 2.18. The first-order valence-electron chi connectivity index (χ1n) is 9.46. The average molecular weight is 378 g/mol. The molecule has 4 heteroatoms. The Balaban J connectivity index is 1.77. The summed E-state index contributed by atoms with van der Waals surface area (Å²) in [6.45, 7) is 11.1. The third-order valence-electron chi connectivity index (χ3n) is 5.20. The molecule has 0 fully saturated rings. The van der Waals surface area contributed by atoms with Crippen LogP contribution in [0.3, 0.4) is 0 Å². The molecule has 0 radical (unpaired) electrons. The van der Waals surface area contributed by atoms with Gasteiger partial charge in [0, 0.05) is 5.56 Å².